The van der Waals surface area contributed by atoms with Gasteiger partial charge in [-0.05, 0) is 40.9 Å². The highest BCUT2D eigenvalue weighted by Crippen LogP contribution is 2.23. The molecule has 0 aliphatic carbocycles. The van der Waals surface area contributed by atoms with Crippen molar-refractivity contribution < 1.29 is 4.74 Å². The molecule has 1 aromatic carbocycles. The largest absolute Gasteiger partial charge is 0.484 e. The lowest BCUT2D eigenvalue weighted by Gasteiger charge is -2.16. The Hall–Kier alpha value is -1.32. The number of ether oxygens (including phenoxy) is 1. The summed E-state index contributed by atoms with van der Waals surface area (Å²) in [5.74, 6) is 0.886. The first kappa shape index (κ1) is 13.1. The molecule has 2 aromatic rings. The third kappa shape index (κ3) is 3.34. The maximum absolute atomic E-state index is 5.92. The molecule has 0 aliphatic heterocycles. The zero-order valence-corrected chi connectivity index (χ0v) is 11.5. The SMILES string of the molecule is CCCc1ccc(OC(CN)c2ccsc2)cc1. The number of aryl methyl sites for hydroxylation is 1. The van der Waals surface area contributed by atoms with Crippen LogP contribution in [0.4, 0.5) is 0 Å². The van der Waals surface area contributed by atoms with Crippen LogP contribution in [0.1, 0.15) is 30.6 Å². The highest BCUT2D eigenvalue weighted by atomic mass is 32.1. The van der Waals surface area contributed by atoms with Crippen molar-refractivity contribution in [2.45, 2.75) is 25.9 Å². The van der Waals surface area contributed by atoms with Crippen LogP contribution in [-0.4, -0.2) is 6.54 Å². The normalized spacial score (nSPS) is 12.3. The number of benzene rings is 1. The average Bonchev–Trinajstić information content (AvgIpc) is 2.92. The van der Waals surface area contributed by atoms with Gasteiger partial charge >= 0.3 is 0 Å². The van der Waals surface area contributed by atoms with E-state index in [4.69, 9.17) is 10.5 Å². The van der Waals surface area contributed by atoms with Crippen LogP contribution in [0.25, 0.3) is 0 Å². The van der Waals surface area contributed by atoms with Gasteiger partial charge in [-0.2, -0.15) is 11.3 Å². The van der Waals surface area contributed by atoms with Gasteiger partial charge in [0.15, 0.2) is 0 Å². The first-order valence-electron chi connectivity index (χ1n) is 6.31. The van der Waals surface area contributed by atoms with Gasteiger partial charge in [0.1, 0.15) is 11.9 Å². The molecular formula is C15H19NOS. The van der Waals surface area contributed by atoms with E-state index in [9.17, 15) is 0 Å². The van der Waals surface area contributed by atoms with Gasteiger partial charge in [-0.25, -0.2) is 0 Å². The Morgan fingerprint density at radius 1 is 1.22 bits per heavy atom. The van der Waals surface area contributed by atoms with Gasteiger partial charge in [0.25, 0.3) is 0 Å². The van der Waals surface area contributed by atoms with Crippen LogP contribution in [-0.2, 0) is 6.42 Å². The third-order valence-electron chi connectivity index (χ3n) is 2.87. The number of hydrogen-bond donors (Lipinski definition) is 1. The summed E-state index contributed by atoms with van der Waals surface area (Å²) >= 11 is 1.67. The second-order valence-corrected chi connectivity index (χ2v) is 5.07. The summed E-state index contributed by atoms with van der Waals surface area (Å²) in [6.07, 6.45) is 2.24. The van der Waals surface area contributed by atoms with Crippen molar-refractivity contribution >= 4 is 11.3 Å². The molecule has 0 aliphatic rings. The van der Waals surface area contributed by atoms with Crippen LogP contribution in [0.3, 0.4) is 0 Å². The second-order valence-electron chi connectivity index (χ2n) is 4.29. The molecule has 2 rings (SSSR count). The lowest BCUT2D eigenvalue weighted by atomic mass is 10.1. The molecule has 0 bridgehead atoms. The van der Waals surface area contributed by atoms with E-state index in [0.29, 0.717) is 6.54 Å². The van der Waals surface area contributed by atoms with Gasteiger partial charge in [0.05, 0.1) is 0 Å². The lowest BCUT2D eigenvalue weighted by Crippen LogP contribution is -2.17. The summed E-state index contributed by atoms with van der Waals surface area (Å²) in [7, 11) is 0. The van der Waals surface area contributed by atoms with Crippen molar-refractivity contribution in [3.05, 3.63) is 52.2 Å². The summed E-state index contributed by atoms with van der Waals surface area (Å²) in [6.45, 7) is 2.68. The van der Waals surface area contributed by atoms with Crippen molar-refractivity contribution in [1.29, 1.82) is 0 Å². The van der Waals surface area contributed by atoms with Gasteiger partial charge in [-0.15, -0.1) is 0 Å². The summed E-state index contributed by atoms with van der Waals surface area (Å²) in [5.41, 5.74) is 8.27. The van der Waals surface area contributed by atoms with Crippen molar-refractivity contribution in [2.24, 2.45) is 5.73 Å². The molecule has 2 N–H and O–H groups in total. The summed E-state index contributed by atoms with van der Waals surface area (Å²) < 4.78 is 5.92. The number of rotatable bonds is 6. The van der Waals surface area contributed by atoms with E-state index in [1.165, 1.54) is 12.0 Å². The van der Waals surface area contributed by atoms with Gasteiger partial charge < -0.3 is 10.5 Å². The Balaban J connectivity index is 2.03. The van der Waals surface area contributed by atoms with Crippen LogP contribution in [0.5, 0.6) is 5.75 Å². The molecule has 1 unspecified atom stereocenters. The summed E-state index contributed by atoms with van der Waals surface area (Å²) in [5, 5.41) is 4.13. The summed E-state index contributed by atoms with van der Waals surface area (Å²) in [4.78, 5) is 0. The quantitative estimate of drug-likeness (QED) is 0.859. The van der Waals surface area contributed by atoms with Crippen LogP contribution in [0.15, 0.2) is 41.1 Å². The molecule has 0 saturated heterocycles. The number of thiophene rings is 1. The third-order valence-corrected chi connectivity index (χ3v) is 3.57. The minimum absolute atomic E-state index is 0.0479. The topological polar surface area (TPSA) is 35.2 Å². The molecule has 1 atom stereocenters. The fourth-order valence-electron chi connectivity index (χ4n) is 1.90. The second kappa shape index (κ2) is 6.57. The molecule has 0 spiro atoms. The van der Waals surface area contributed by atoms with Crippen molar-refractivity contribution in [3.63, 3.8) is 0 Å². The molecule has 2 nitrogen and oxygen atoms in total. The first-order chi connectivity index (χ1) is 8.83. The van der Waals surface area contributed by atoms with E-state index in [0.717, 1.165) is 17.7 Å². The van der Waals surface area contributed by atoms with E-state index in [1.54, 1.807) is 11.3 Å². The van der Waals surface area contributed by atoms with Gasteiger partial charge in [-0.1, -0.05) is 25.5 Å². The Morgan fingerprint density at radius 2 is 2.00 bits per heavy atom. The van der Waals surface area contributed by atoms with Crippen molar-refractivity contribution in [2.75, 3.05) is 6.54 Å². The van der Waals surface area contributed by atoms with E-state index in [-0.39, 0.29) is 6.10 Å². The Morgan fingerprint density at radius 3 is 2.56 bits per heavy atom. The zero-order valence-electron chi connectivity index (χ0n) is 10.6. The Labute approximate surface area is 112 Å². The molecule has 3 heteroatoms. The predicted molar refractivity (Wildman–Crippen MR) is 77.2 cm³/mol. The minimum Gasteiger partial charge on any atom is -0.484 e. The Bertz CT molecular complexity index is 450. The smallest absolute Gasteiger partial charge is 0.137 e. The van der Waals surface area contributed by atoms with Gasteiger partial charge in [0.2, 0.25) is 0 Å². The maximum Gasteiger partial charge on any atom is 0.137 e. The van der Waals surface area contributed by atoms with Crippen LogP contribution >= 0.6 is 11.3 Å². The molecule has 1 aromatic heterocycles. The van der Waals surface area contributed by atoms with Crippen LogP contribution in [0.2, 0.25) is 0 Å². The van der Waals surface area contributed by atoms with Gasteiger partial charge in [-0.3, -0.25) is 0 Å². The van der Waals surface area contributed by atoms with Crippen molar-refractivity contribution in [3.8, 4) is 5.75 Å². The van der Waals surface area contributed by atoms with E-state index in [1.807, 2.05) is 17.5 Å². The highest BCUT2D eigenvalue weighted by Gasteiger charge is 2.11. The Kier molecular flexibility index (Phi) is 4.79. The molecule has 1 heterocycles. The lowest BCUT2D eigenvalue weighted by molar-refractivity contribution is 0.214. The fraction of sp³-hybridized carbons (Fsp3) is 0.333. The van der Waals surface area contributed by atoms with Crippen LogP contribution < -0.4 is 10.5 Å². The molecule has 0 saturated carbocycles. The number of hydrogen-bond acceptors (Lipinski definition) is 3. The molecule has 0 fully saturated rings. The van der Waals surface area contributed by atoms with E-state index < -0.39 is 0 Å². The number of nitrogens with two attached hydrogens (primary N) is 1. The fourth-order valence-corrected chi connectivity index (χ4v) is 2.60. The monoisotopic (exact) mass is 261 g/mol. The standard InChI is InChI=1S/C15H19NOS/c1-2-3-12-4-6-14(7-5-12)17-15(10-16)13-8-9-18-11-13/h4-9,11,15H,2-3,10,16H2,1H3. The minimum atomic E-state index is -0.0479. The maximum atomic E-state index is 5.92. The highest BCUT2D eigenvalue weighted by molar-refractivity contribution is 7.07. The molecule has 0 radical (unpaired) electrons. The van der Waals surface area contributed by atoms with Crippen LogP contribution in [0, 0.1) is 0 Å². The zero-order chi connectivity index (χ0) is 12.8. The summed E-state index contributed by atoms with van der Waals surface area (Å²) in [6, 6.07) is 10.4. The average molecular weight is 261 g/mol. The molecular weight excluding hydrogens is 242 g/mol. The predicted octanol–water partition coefficient (Wildman–Crippen LogP) is 3.78. The van der Waals surface area contributed by atoms with Crippen molar-refractivity contribution in [1.82, 2.24) is 0 Å². The van der Waals surface area contributed by atoms with E-state index >= 15 is 0 Å². The van der Waals surface area contributed by atoms with Gasteiger partial charge in [0, 0.05) is 12.1 Å². The molecule has 18 heavy (non-hydrogen) atoms. The molecule has 96 valence electrons. The van der Waals surface area contributed by atoms with E-state index in [2.05, 4.69) is 30.5 Å². The first-order valence-corrected chi connectivity index (χ1v) is 7.25. The molecule has 0 amide bonds.